The molecule has 2 heterocycles. The van der Waals surface area contributed by atoms with E-state index in [1.807, 2.05) is 0 Å². The van der Waals surface area contributed by atoms with Gasteiger partial charge in [0.15, 0.2) is 10.8 Å². The lowest BCUT2D eigenvalue weighted by molar-refractivity contribution is -0.115. The second kappa shape index (κ2) is 4.16. The maximum Gasteiger partial charge on any atom is 0.238 e. The van der Waals surface area contributed by atoms with Crippen LogP contribution < -0.4 is 5.32 Å². The highest BCUT2D eigenvalue weighted by atomic mass is 35.5. The van der Waals surface area contributed by atoms with Crippen molar-refractivity contribution < 1.29 is 4.79 Å². The lowest BCUT2D eigenvalue weighted by Crippen LogP contribution is -2.12. The molecule has 7 heteroatoms. The van der Waals surface area contributed by atoms with Crippen molar-refractivity contribution in [3.05, 3.63) is 11.5 Å². The van der Waals surface area contributed by atoms with E-state index in [4.69, 9.17) is 18.0 Å². The van der Waals surface area contributed by atoms with Crippen LogP contribution in [0.15, 0.2) is 6.33 Å². The molecule has 0 aliphatic rings. The van der Waals surface area contributed by atoms with E-state index in [1.54, 1.807) is 0 Å². The van der Waals surface area contributed by atoms with Crippen molar-refractivity contribution in [2.75, 3.05) is 5.32 Å². The van der Waals surface area contributed by atoms with Crippen LogP contribution in [0.2, 0.25) is 5.15 Å². The molecule has 2 aromatic rings. The van der Waals surface area contributed by atoms with Crippen molar-refractivity contribution in [3.63, 3.8) is 0 Å². The van der Waals surface area contributed by atoms with Crippen LogP contribution in [0.25, 0.3) is 11.2 Å². The molecule has 0 aliphatic heterocycles. The normalized spacial score (nSPS) is 10.0. The van der Waals surface area contributed by atoms with Gasteiger partial charge in [0.25, 0.3) is 0 Å². The van der Waals surface area contributed by atoms with Crippen LogP contribution >= 0.6 is 11.6 Å². The van der Waals surface area contributed by atoms with E-state index in [9.17, 15) is 4.79 Å². The zero-order valence-corrected chi connectivity index (χ0v) is 8.75. The Balaban J connectivity index is 2.32. The molecule has 0 saturated carbocycles. The average molecular weight is 236 g/mol. The Hall–Kier alpha value is -2.13. The van der Waals surface area contributed by atoms with E-state index in [2.05, 4.69) is 31.2 Å². The van der Waals surface area contributed by atoms with Crippen molar-refractivity contribution in [1.82, 2.24) is 19.9 Å². The molecule has 0 fully saturated rings. The highest BCUT2D eigenvalue weighted by Gasteiger charge is 2.09. The molecule has 2 rings (SSSR count). The van der Waals surface area contributed by atoms with Gasteiger partial charge in [-0.1, -0.05) is 17.5 Å². The number of rotatable bonds is 2. The lowest BCUT2D eigenvalue weighted by atomic mass is 10.4. The quantitative estimate of drug-likeness (QED) is 0.600. The van der Waals surface area contributed by atoms with Gasteiger partial charge in [-0.05, 0) is 0 Å². The number of nitrogens with one attached hydrogen (secondary N) is 2. The number of aromatic nitrogens is 4. The Labute approximate surface area is 95.5 Å². The van der Waals surface area contributed by atoms with Crippen LogP contribution in [0.1, 0.15) is 6.42 Å². The Morgan fingerprint density at radius 1 is 1.62 bits per heavy atom. The summed E-state index contributed by atoms with van der Waals surface area (Å²) in [5.74, 6) is 1.93. The van der Waals surface area contributed by atoms with Gasteiger partial charge in [-0.2, -0.15) is 9.97 Å². The van der Waals surface area contributed by atoms with Gasteiger partial charge in [0.05, 0.1) is 12.7 Å². The summed E-state index contributed by atoms with van der Waals surface area (Å²) < 4.78 is 0. The van der Waals surface area contributed by atoms with E-state index in [-0.39, 0.29) is 23.4 Å². The number of fused-ring (bicyclic) bond motifs is 1. The molecular weight excluding hydrogens is 230 g/mol. The number of H-pyrrole nitrogens is 1. The molecule has 0 aromatic carbocycles. The molecule has 2 aromatic heterocycles. The minimum absolute atomic E-state index is 0.0421. The molecule has 80 valence electrons. The Kier molecular flexibility index (Phi) is 2.70. The fraction of sp³-hybridized carbons (Fsp3) is 0.111. The van der Waals surface area contributed by atoms with E-state index < -0.39 is 0 Å². The highest BCUT2D eigenvalue weighted by molar-refractivity contribution is 6.33. The second-order valence-corrected chi connectivity index (χ2v) is 3.23. The molecule has 0 atom stereocenters. The Morgan fingerprint density at radius 3 is 3.19 bits per heavy atom. The molecule has 6 nitrogen and oxygen atoms in total. The first-order chi connectivity index (χ1) is 7.70. The minimum Gasteiger partial charge on any atom is -0.341 e. The van der Waals surface area contributed by atoms with E-state index in [0.717, 1.165) is 0 Å². The third kappa shape index (κ3) is 1.94. The third-order valence-corrected chi connectivity index (χ3v) is 2.03. The van der Waals surface area contributed by atoms with Gasteiger partial charge in [0, 0.05) is 0 Å². The summed E-state index contributed by atoms with van der Waals surface area (Å²) in [4.78, 5) is 25.7. The largest absolute Gasteiger partial charge is 0.341 e. The summed E-state index contributed by atoms with van der Waals surface area (Å²) in [5.41, 5.74) is 0.910. The number of terminal acetylenes is 1. The average Bonchev–Trinajstić information content (AvgIpc) is 2.66. The number of hydrogen-bond acceptors (Lipinski definition) is 4. The smallest absolute Gasteiger partial charge is 0.238 e. The molecule has 2 N–H and O–H groups in total. The van der Waals surface area contributed by atoms with E-state index >= 15 is 0 Å². The number of nitrogens with zero attached hydrogens (tertiary/aromatic N) is 3. The fourth-order valence-electron chi connectivity index (χ4n) is 1.12. The first-order valence-electron chi connectivity index (χ1n) is 4.30. The van der Waals surface area contributed by atoms with Crippen molar-refractivity contribution in [2.45, 2.75) is 6.42 Å². The number of carbonyl (C=O) groups excluding carboxylic acids is 1. The highest BCUT2D eigenvalue weighted by Crippen LogP contribution is 2.18. The zero-order valence-electron chi connectivity index (χ0n) is 7.99. The molecule has 1 amide bonds. The summed E-state index contributed by atoms with van der Waals surface area (Å²) in [6.45, 7) is 0. The fourth-order valence-corrected chi connectivity index (χ4v) is 1.33. The van der Waals surface area contributed by atoms with Gasteiger partial charge >= 0.3 is 0 Å². The molecule has 0 spiro atoms. The molecule has 0 bridgehead atoms. The molecule has 0 aliphatic carbocycles. The second-order valence-electron chi connectivity index (χ2n) is 2.87. The SMILES string of the molecule is C#CCC(=O)Nc1nc(Cl)c2[nH]cnc2n1. The number of imidazole rings is 1. The van der Waals surface area contributed by atoms with Crippen molar-refractivity contribution in [2.24, 2.45) is 0 Å². The Morgan fingerprint density at radius 2 is 2.44 bits per heavy atom. The number of carbonyl (C=O) groups is 1. The number of hydrogen-bond donors (Lipinski definition) is 2. The summed E-state index contributed by atoms with van der Waals surface area (Å²) >= 11 is 5.85. The van der Waals surface area contributed by atoms with Crippen molar-refractivity contribution >= 4 is 34.6 Å². The van der Waals surface area contributed by atoms with E-state index in [0.29, 0.717) is 11.2 Å². The van der Waals surface area contributed by atoms with Crippen LogP contribution in [0, 0.1) is 12.3 Å². The third-order valence-electron chi connectivity index (χ3n) is 1.76. The summed E-state index contributed by atoms with van der Waals surface area (Å²) in [7, 11) is 0. The number of aromatic amines is 1. The predicted molar refractivity (Wildman–Crippen MR) is 58.8 cm³/mol. The van der Waals surface area contributed by atoms with Crippen LogP contribution in [0.4, 0.5) is 5.95 Å². The van der Waals surface area contributed by atoms with Crippen LogP contribution in [0.5, 0.6) is 0 Å². The standard InChI is InChI=1S/C9H6ClN5O/c1-2-3-5(16)13-9-14-7(10)6-8(15-9)12-4-11-6/h1,4H,3H2,(H2,11,12,13,14,15,16). The number of halogens is 1. The van der Waals surface area contributed by atoms with Gasteiger partial charge in [-0.3, -0.25) is 10.1 Å². The van der Waals surface area contributed by atoms with Crippen molar-refractivity contribution in [3.8, 4) is 12.3 Å². The molecule has 0 unspecified atom stereocenters. The molecular formula is C9H6ClN5O. The van der Waals surface area contributed by atoms with Gasteiger partial charge in [-0.15, -0.1) is 6.42 Å². The number of amides is 1. The van der Waals surface area contributed by atoms with Crippen LogP contribution in [-0.2, 0) is 4.79 Å². The lowest BCUT2D eigenvalue weighted by Gasteiger charge is -2.01. The zero-order chi connectivity index (χ0) is 11.5. The first kappa shape index (κ1) is 10.4. The van der Waals surface area contributed by atoms with Gasteiger partial charge in [0.1, 0.15) is 5.52 Å². The maximum absolute atomic E-state index is 11.2. The van der Waals surface area contributed by atoms with Crippen LogP contribution in [-0.4, -0.2) is 25.8 Å². The maximum atomic E-state index is 11.2. The summed E-state index contributed by atoms with van der Waals surface area (Å²) in [6, 6.07) is 0. The summed E-state index contributed by atoms with van der Waals surface area (Å²) in [5, 5.41) is 2.62. The Bertz CT molecular complexity index is 585. The first-order valence-corrected chi connectivity index (χ1v) is 4.68. The number of anilines is 1. The molecule has 16 heavy (non-hydrogen) atoms. The predicted octanol–water partition coefficient (Wildman–Crippen LogP) is 0.968. The van der Waals surface area contributed by atoms with Gasteiger partial charge in [0.2, 0.25) is 11.9 Å². The van der Waals surface area contributed by atoms with Gasteiger partial charge in [-0.25, -0.2) is 4.98 Å². The van der Waals surface area contributed by atoms with Crippen molar-refractivity contribution in [1.29, 1.82) is 0 Å². The molecule has 0 saturated heterocycles. The topological polar surface area (TPSA) is 83.6 Å². The minimum atomic E-state index is -0.367. The monoisotopic (exact) mass is 235 g/mol. The van der Waals surface area contributed by atoms with Crippen LogP contribution in [0.3, 0.4) is 0 Å². The molecule has 0 radical (unpaired) electrons. The summed E-state index contributed by atoms with van der Waals surface area (Å²) in [6.07, 6.45) is 6.39. The van der Waals surface area contributed by atoms with Gasteiger partial charge < -0.3 is 4.98 Å². The van der Waals surface area contributed by atoms with E-state index in [1.165, 1.54) is 6.33 Å².